The molecule has 28 heavy (non-hydrogen) atoms. The first kappa shape index (κ1) is 19.3. The zero-order chi connectivity index (χ0) is 20.1. The molecule has 1 aliphatic heterocycles. The summed E-state index contributed by atoms with van der Waals surface area (Å²) in [5.74, 6) is -1.91. The van der Waals surface area contributed by atoms with Gasteiger partial charge in [0.1, 0.15) is 0 Å². The van der Waals surface area contributed by atoms with E-state index in [-0.39, 0.29) is 18.2 Å². The Balaban J connectivity index is 1.52. The Morgan fingerprint density at radius 2 is 1.71 bits per heavy atom. The molecule has 0 unspecified atom stereocenters. The molecule has 3 amide bonds. The molecule has 146 valence electrons. The van der Waals surface area contributed by atoms with Crippen molar-refractivity contribution in [3.63, 3.8) is 0 Å². The predicted molar refractivity (Wildman–Crippen MR) is 101 cm³/mol. The number of aryl methyl sites for hydroxylation is 1. The van der Waals surface area contributed by atoms with E-state index in [1.54, 1.807) is 34.8 Å². The third-order valence-electron chi connectivity index (χ3n) is 4.49. The molecule has 2 N–H and O–H groups in total. The molecule has 2 heterocycles. The van der Waals surface area contributed by atoms with Gasteiger partial charge < -0.3 is 20.1 Å². The van der Waals surface area contributed by atoms with Crippen LogP contribution in [0.25, 0.3) is 0 Å². The number of likely N-dealkylation sites (tertiary alicyclic amines) is 1. The summed E-state index contributed by atoms with van der Waals surface area (Å²) in [4.78, 5) is 53.8. The average molecular weight is 383 g/mol. The number of benzene rings is 1. The van der Waals surface area contributed by atoms with Crippen LogP contribution >= 0.6 is 0 Å². The SMILES string of the molecule is Cn1ccnc1C(=O)c1ccc(NC(=O)C(=O)NCC(=O)N2CCCC2)cc1. The highest BCUT2D eigenvalue weighted by molar-refractivity contribution is 6.39. The molecule has 0 spiro atoms. The van der Waals surface area contributed by atoms with Crippen LogP contribution in [0.3, 0.4) is 0 Å². The van der Waals surface area contributed by atoms with E-state index in [0.717, 1.165) is 12.8 Å². The molecule has 9 heteroatoms. The van der Waals surface area contributed by atoms with E-state index in [2.05, 4.69) is 15.6 Å². The first-order valence-electron chi connectivity index (χ1n) is 8.95. The van der Waals surface area contributed by atoms with Crippen molar-refractivity contribution in [3.8, 4) is 0 Å². The Hall–Kier alpha value is -3.49. The number of amides is 3. The minimum absolute atomic E-state index is 0.198. The number of anilines is 1. The van der Waals surface area contributed by atoms with E-state index >= 15 is 0 Å². The number of hydrogen-bond acceptors (Lipinski definition) is 5. The number of aromatic nitrogens is 2. The molecule has 0 radical (unpaired) electrons. The molecule has 1 fully saturated rings. The van der Waals surface area contributed by atoms with Gasteiger partial charge in [-0.05, 0) is 37.1 Å². The Bertz CT molecular complexity index is 897. The van der Waals surface area contributed by atoms with E-state index in [0.29, 0.717) is 30.2 Å². The molecular weight excluding hydrogens is 362 g/mol. The lowest BCUT2D eigenvalue weighted by atomic mass is 10.1. The number of ketones is 1. The van der Waals surface area contributed by atoms with Crippen LogP contribution in [0.4, 0.5) is 5.69 Å². The number of nitrogens with zero attached hydrogens (tertiary/aromatic N) is 3. The molecule has 1 saturated heterocycles. The van der Waals surface area contributed by atoms with Gasteiger partial charge in [0.2, 0.25) is 11.7 Å². The van der Waals surface area contributed by atoms with Gasteiger partial charge in [0, 0.05) is 43.8 Å². The molecule has 0 saturated carbocycles. The molecule has 0 aliphatic carbocycles. The number of nitrogens with one attached hydrogen (secondary N) is 2. The zero-order valence-electron chi connectivity index (χ0n) is 15.5. The van der Waals surface area contributed by atoms with Crippen molar-refractivity contribution in [1.82, 2.24) is 19.8 Å². The van der Waals surface area contributed by atoms with E-state index < -0.39 is 11.8 Å². The average Bonchev–Trinajstić information content (AvgIpc) is 3.37. The van der Waals surface area contributed by atoms with Crippen LogP contribution in [-0.4, -0.2) is 57.6 Å². The van der Waals surface area contributed by atoms with Crippen molar-refractivity contribution in [2.24, 2.45) is 7.05 Å². The third kappa shape index (κ3) is 4.43. The van der Waals surface area contributed by atoms with Gasteiger partial charge in [-0.25, -0.2) is 4.98 Å². The second-order valence-electron chi connectivity index (χ2n) is 6.49. The molecule has 3 rings (SSSR count). The topological polar surface area (TPSA) is 113 Å². The van der Waals surface area contributed by atoms with E-state index in [1.165, 1.54) is 18.3 Å². The number of imidazole rings is 1. The summed E-state index contributed by atoms with van der Waals surface area (Å²) in [6.07, 6.45) is 5.13. The molecule has 0 atom stereocenters. The first-order valence-corrected chi connectivity index (χ1v) is 8.95. The van der Waals surface area contributed by atoms with Crippen molar-refractivity contribution >= 4 is 29.2 Å². The van der Waals surface area contributed by atoms with Gasteiger partial charge in [-0.15, -0.1) is 0 Å². The highest BCUT2D eigenvalue weighted by Crippen LogP contribution is 2.13. The highest BCUT2D eigenvalue weighted by Gasteiger charge is 2.20. The molecular formula is C19H21N5O4. The van der Waals surface area contributed by atoms with Crippen LogP contribution in [0.5, 0.6) is 0 Å². The molecule has 0 bridgehead atoms. The lowest BCUT2D eigenvalue weighted by Gasteiger charge is -2.15. The summed E-state index contributed by atoms with van der Waals surface area (Å²) < 4.78 is 1.62. The maximum atomic E-state index is 12.4. The van der Waals surface area contributed by atoms with Crippen LogP contribution in [0.1, 0.15) is 29.0 Å². The van der Waals surface area contributed by atoms with Gasteiger partial charge in [-0.1, -0.05) is 0 Å². The monoisotopic (exact) mass is 383 g/mol. The minimum Gasteiger partial charge on any atom is -0.341 e. The number of hydrogen-bond donors (Lipinski definition) is 2. The first-order chi connectivity index (χ1) is 13.5. The highest BCUT2D eigenvalue weighted by atomic mass is 16.2. The van der Waals surface area contributed by atoms with Crippen molar-refractivity contribution in [2.45, 2.75) is 12.8 Å². The van der Waals surface area contributed by atoms with Crippen LogP contribution in [0.2, 0.25) is 0 Å². The molecule has 2 aromatic rings. The zero-order valence-corrected chi connectivity index (χ0v) is 15.5. The number of rotatable bonds is 5. The summed E-state index contributed by atoms with van der Waals surface area (Å²) in [7, 11) is 1.72. The van der Waals surface area contributed by atoms with Crippen LogP contribution in [0, 0.1) is 0 Å². The summed E-state index contributed by atoms with van der Waals surface area (Å²) in [6.45, 7) is 1.16. The van der Waals surface area contributed by atoms with Crippen LogP contribution in [-0.2, 0) is 21.4 Å². The van der Waals surface area contributed by atoms with E-state index in [9.17, 15) is 19.2 Å². The summed E-state index contributed by atoms with van der Waals surface area (Å²) in [5, 5.41) is 4.77. The van der Waals surface area contributed by atoms with Gasteiger partial charge >= 0.3 is 11.8 Å². The Kier molecular flexibility index (Phi) is 5.83. The maximum Gasteiger partial charge on any atom is 0.313 e. The fourth-order valence-corrected chi connectivity index (χ4v) is 2.92. The van der Waals surface area contributed by atoms with Gasteiger partial charge in [0.25, 0.3) is 0 Å². The molecule has 1 aromatic heterocycles. The van der Waals surface area contributed by atoms with Gasteiger partial charge in [-0.2, -0.15) is 0 Å². The van der Waals surface area contributed by atoms with Crippen molar-refractivity contribution in [1.29, 1.82) is 0 Å². The largest absolute Gasteiger partial charge is 0.341 e. The number of carbonyl (C=O) groups excluding carboxylic acids is 4. The summed E-state index contributed by atoms with van der Waals surface area (Å²) in [6, 6.07) is 6.14. The van der Waals surface area contributed by atoms with Crippen LogP contribution in [0.15, 0.2) is 36.7 Å². The maximum absolute atomic E-state index is 12.4. The normalized spacial score (nSPS) is 13.2. The fraction of sp³-hybridized carbons (Fsp3) is 0.316. The molecule has 1 aliphatic rings. The molecule has 1 aromatic carbocycles. The van der Waals surface area contributed by atoms with E-state index in [1.807, 2.05) is 0 Å². The lowest BCUT2D eigenvalue weighted by molar-refractivity contribution is -0.138. The Morgan fingerprint density at radius 1 is 1.04 bits per heavy atom. The molecule has 9 nitrogen and oxygen atoms in total. The van der Waals surface area contributed by atoms with Gasteiger partial charge in [0.05, 0.1) is 6.54 Å². The number of carbonyl (C=O) groups is 4. The summed E-state index contributed by atoms with van der Waals surface area (Å²) >= 11 is 0. The van der Waals surface area contributed by atoms with Crippen LogP contribution < -0.4 is 10.6 Å². The quantitative estimate of drug-likeness (QED) is 0.571. The van der Waals surface area contributed by atoms with Gasteiger partial charge in [-0.3, -0.25) is 19.2 Å². The second-order valence-corrected chi connectivity index (χ2v) is 6.49. The van der Waals surface area contributed by atoms with E-state index in [4.69, 9.17) is 0 Å². The fourth-order valence-electron chi connectivity index (χ4n) is 2.92. The second kappa shape index (κ2) is 8.47. The Morgan fingerprint density at radius 3 is 2.32 bits per heavy atom. The standard InChI is InChI=1S/C19H21N5O4/c1-23-11-8-20-17(23)16(26)13-4-6-14(7-5-13)22-19(28)18(27)21-12-15(25)24-9-2-3-10-24/h4-8,11H,2-3,9-10,12H2,1H3,(H,21,27)(H,22,28). The van der Waals surface area contributed by atoms with Gasteiger partial charge in [0.15, 0.2) is 5.82 Å². The minimum atomic E-state index is -0.888. The predicted octanol–water partition coefficient (Wildman–Crippen LogP) is 0.328. The van der Waals surface area contributed by atoms with Crippen molar-refractivity contribution in [3.05, 3.63) is 48.0 Å². The Labute approximate surface area is 161 Å². The van der Waals surface area contributed by atoms with Crippen molar-refractivity contribution in [2.75, 3.05) is 25.0 Å². The summed E-state index contributed by atoms with van der Waals surface area (Å²) in [5.41, 5.74) is 0.773. The lowest BCUT2D eigenvalue weighted by Crippen LogP contribution is -2.42. The third-order valence-corrected chi connectivity index (χ3v) is 4.49. The van der Waals surface area contributed by atoms with Crippen molar-refractivity contribution < 1.29 is 19.2 Å². The smallest absolute Gasteiger partial charge is 0.313 e.